The van der Waals surface area contributed by atoms with Crippen LogP contribution < -0.4 is 15.1 Å². The molecule has 24 heavy (non-hydrogen) atoms. The Morgan fingerprint density at radius 1 is 1.17 bits per heavy atom. The smallest absolute Gasteiger partial charge is 0.279 e. The standard InChI is InChI=1S/C19H22ClN3O/c1-15-7-8-18(17(20)13-15)21-19(24)14-22-9-11-23(12-10-22)16-5-3-2-4-6-16/h2-8,13H,9-12,14H2,1H3,(H,21,24)/p+1. The second-order valence-corrected chi connectivity index (χ2v) is 6.69. The highest BCUT2D eigenvalue weighted by Gasteiger charge is 2.22. The van der Waals surface area contributed by atoms with Gasteiger partial charge in [-0.25, -0.2) is 0 Å². The van der Waals surface area contributed by atoms with Gasteiger partial charge in [-0.2, -0.15) is 0 Å². The van der Waals surface area contributed by atoms with Gasteiger partial charge in [0.15, 0.2) is 6.54 Å². The first-order chi connectivity index (χ1) is 11.6. The van der Waals surface area contributed by atoms with Crippen molar-refractivity contribution >= 4 is 28.9 Å². The number of carbonyl (C=O) groups excluding carboxylic acids is 1. The van der Waals surface area contributed by atoms with Crippen molar-refractivity contribution in [3.63, 3.8) is 0 Å². The van der Waals surface area contributed by atoms with Gasteiger partial charge < -0.3 is 15.1 Å². The van der Waals surface area contributed by atoms with Crippen molar-refractivity contribution in [2.75, 3.05) is 42.9 Å². The quantitative estimate of drug-likeness (QED) is 0.890. The predicted molar refractivity (Wildman–Crippen MR) is 99.0 cm³/mol. The maximum atomic E-state index is 12.3. The molecule has 0 aliphatic carbocycles. The maximum Gasteiger partial charge on any atom is 0.279 e. The van der Waals surface area contributed by atoms with Crippen LogP contribution in [0.15, 0.2) is 48.5 Å². The number of hydrogen-bond acceptors (Lipinski definition) is 2. The summed E-state index contributed by atoms with van der Waals surface area (Å²) in [6.45, 7) is 6.32. The lowest BCUT2D eigenvalue weighted by Crippen LogP contribution is -3.15. The Morgan fingerprint density at radius 2 is 1.88 bits per heavy atom. The van der Waals surface area contributed by atoms with Gasteiger partial charge in [-0.15, -0.1) is 0 Å². The molecule has 1 aliphatic rings. The summed E-state index contributed by atoms with van der Waals surface area (Å²) in [6, 6.07) is 16.1. The molecule has 1 heterocycles. The zero-order chi connectivity index (χ0) is 16.9. The molecule has 1 amide bonds. The number of hydrogen-bond donors (Lipinski definition) is 2. The number of amides is 1. The number of carbonyl (C=O) groups is 1. The Kier molecular flexibility index (Phi) is 5.38. The summed E-state index contributed by atoms with van der Waals surface area (Å²) in [5.74, 6) is 0.0175. The van der Waals surface area contributed by atoms with Gasteiger partial charge in [0.05, 0.1) is 36.9 Å². The number of benzene rings is 2. The topological polar surface area (TPSA) is 36.8 Å². The third-order valence-corrected chi connectivity index (χ3v) is 4.71. The Hall–Kier alpha value is -2.04. The molecule has 0 atom stereocenters. The minimum Gasteiger partial charge on any atom is -0.360 e. The van der Waals surface area contributed by atoms with Crippen LogP contribution >= 0.6 is 11.6 Å². The van der Waals surface area contributed by atoms with E-state index < -0.39 is 0 Å². The summed E-state index contributed by atoms with van der Waals surface area (Å²) in [5, 5.41) is 3.51. The van der Waals surface area contributed by atoms with Crippen molar-refractivity contribution in [2.24, 2.45) is 0 Å². The third-order valence-electron chi connectivity index (χ3n) is 4.40. The van der Waals surface area contributed by atoms with Crippen LogP contribution in [0.2, 0.25) is 5.02 Å². The second-order valence-electron chi connectivity index (χ2n) is 6.28. The molecular weight excluding hydrogens is 322 g/mol. The van der Waals surface area contributed by atoms with Gasteiger partial charge in [0, 0.05) is 5.69 Å². The molecule has 0 saturated carbocycles. The molecule has 1 aliphatic heterocycles. The Balaban J connectivity index is 1.50. The van der Waals surface area contributed by atoms with E-state index in [0.717, 1.165) is 31.7 Å². The molecule has 5 heteroatoms. The van der Waals surface area contributed by atoms with Gasteiger partial charge in [-0.3, -0.25) is 4.79 Å². The maximum absolute atomic E-state index is 12.3. The Bertz CT molecular complexity index is 697. The summed E-state index contributed by atoms with van der Waals surface area (Å²) in [5.41, 5.74) is 3.03. The highest BCUT2D eigenvalue weighted by molar-refractivity contribution is 6.33. The fraction of sp³-hybridized carbons (Fsp3) is 0.316. The van der Waals surface area contributed by atoms with E-state index in [-0.39, 0.29) is 5.91 Å². The minimum atomic E-state index is 0.0175. The van der Waals surface area contributed by atoms with Crippen LogP contribution in [0.1, 0.15) is 5.56 Å². The summed E-state index contributed by atoms with van der Waals surface area (Å²) in [4.78, 5) is 15.9. The van der Waals surface area contributed by atoms with E-state index in [4.69, 9.17) is 11.6 Å². The molecule has 0 aromatic heterocycles. The number of para-hydroxylation sites is 1. The van der Waals surface area contributed by atoms with Gasteiger partial charge in [0.1, 0.15) is 0 Å². The summed E-state index contributed by atoms with van der Waals surface area (Å²) >= 11 is 6.18. The van der Waals surface area contributed by atoms with Crippen LogP contribution in [0.4, 0.5) is 11.4 Å². The average molecular weight is 345 g/mol. The van der Waals surface area contributed by atoms with E-state index in [1.165, 1.54) is 10.6 Å². The van der Waals surface area contributed by atoms with Crippen molar-refractivity contribution in [1.82, 2.24) is 0 Å². The predicted octanol–water partition coefficient (Wildman–Crippen LogP) is 1.99. The van der Waals surface area contributed by atoms with Crippen LogP contribution in [0.25, 0.3) is 0 Å². The van der Waals surface area contributed by atoms with Gasteiger partial charge in [0.2, 0.25) is 0 Å². The third kappa shape index (κ3) is 4.28. The first kappa shape index (κ1) is 16.8. The van der Waals surface area contributed by atoms with Crippen molar-refractivity contribution in [3.05, 3.63) is 59.1 Å². The number of anilines is 2. The van der Waals surface area contributed by atoms with E-state index in [0.29, 0.717) is 17.3 Å². The first-order valence-electron chi connectivity index (χ1n) is 8.31. The van der Waals surface area contributed by atoms with E-state index >= 15 is 0 Å². The number of quaternary nitrogens is 1. The molecule has 0 bridgehead atoms. The zero-order valence-corrected chi connectivity index (χ0v) is 14.6. The number of nitrogens with one attached hydrogen (secondary N) is 2. The van der Waals surface area contributed by atoms with Crippen LogP contribution in [0, 0.1) is 6.92 Å². The van der Waals surface area contributed by atoms with Crippen molar-refractivity contribution < 1.29 is 9.69 Å². The van der Waals surface area contributed by atoms with E-state index in [9.17, 15) is 4.79 Å². The van der Waals surface area contributed by atoms with Crippen molar-refractivity contribution in [3.8, 4) is 0 Å². The van der Waals surface area contributed by atoms with Crippen molar-refractivity contribution in [1.29, 1.82) is 0 Å². The SMILES string of the molecule is Cc1ccc(NC(=O)C[NH+]2CCN(c3ccccc3)CC2)c(Cl)c1. The first-order valence-corrected chi connectivity index (χ1v) is 8.69. The minimum absolute atomic E-state index is 0.0175. The molecular formula is C19H23ClN3O+. The molecule has 2 aromatic rings. The molecule has 126 valence electrons. The largest absolute Gasteiger partial charge is 0.360 e. The molecule has 3 rings (SSSR count). The van der Waals surface area contributed by atoms with Crippen LogP contribution in [-0.4, -0.2) is 38.6 Å². The van der Waals surface area contributed by atoms with Gasteiger partial charge >= 0.3 is 0 Å². The molecule has 4 nitrogen and oxygen atoms in total. The van der Waals surface area contributed by atoms with E-state index in [2.05, 4.69) is 34.5 Å². The molecule has 1 fully saturated rings. The Morgan fingerprint density at radius 3 is 2.54 bits per heavy atom. The second kappa shape index (κ2) is 7.69. The van der Waals surface area contributed by atoms with Gasteiger partial charge in [-0.1, -0.05) is 35.9 Å². The molecule has 2 N–H and O–H groups in total. The molecule has 0 radical (unpaired) electrons. The average Bonchev–Trinajstić information content (AvgIpc) is 2.59. The number of aryl methyl sites for hydroxylation is 1. The highest BCUT2D eigenvalue weighted by atomic mass is 35.5. The summed E-state index contributed by atoms with van der Waals surface area (Å²) < 4.78 is 0. The van der Waals surface area contributed by atoms with E-state index in [1.54, 1.807) is 0 Å². The normalized spacial score (nSPS) is 15.3. The van der Waals surface area contributed by atoms with Gasteiger partial charge in [0.25, 0.3) is 5.91 Å². The number of halogens is 1. The van der Waals surface area contributed by atoms with Gasteiger partial charge in [-0.05, 0) is 36.8 Å². The molecule has 2 aromatic carbocycles. The van der Waals surface area contributed by atoms with Crippen molar-refractivity contribution in [2.45, 2.75) is 6.92 Å². The number of piperazine rings is 1. The van der Waals surface area contributed by atoms with Crippen LogP contribution in [0.5, 0.6) is 0 Å². The number of nitrogens with zero attached hydrogens (tertiary/aromatic N) is 1. The molecule has 0 spiro atoms. The molecule has 0 unspecified atom stereocenters. The van der Waals surface area contributed by atoms with Crippen LogP contribution in [0.3, 0.4) is 0 Å². The fourth-order valence-corrected chi connectivity index (χ4v) is 3.32. The van der Waals surface area contributed by atoms with E-state index in [1.807, 2.05) is 31.2 Å². The summed E-state index contributed by atoms with van der Waals surface area (Å²) in [7, 11) is 0. The molecule has 1 saturated heterocycles. The fourth-order valence-electron chi connectivity index (χ4n) is 3.04. The lowest BCUT2D eigenvalue weighted by Gasteiger charge is -2.33. The lowest BCUT2D eigenvalue weighted by atomic mass is 10.2. The number of rotatable bonds is 4. The van der Waals surface area contributed by atoms with Crippen LogP contribution in [-0.2, 0) is 4.79 Å². The monoisotopic (exact) mass is 344 g/mol. The summed E-state index contributed by atoms with van der Waals surface area (Å²) in [6.07, 6.45) is 0. The lowest BCUT2D eigenvalue weighted by molar-refractivity contribution is -0.892. The Labute approximate surface area is 148 Å². The zero-order valence-electron chi connectivity index (χ0n) is 13.9. The highest BCUT2D eigenvalue weighted by Crippen LogP contribution is 2.22.